The Morgan fingerprint density at radius 3 is 2.38 bits per heavy atom. The Kier molecular flexibility index (Phi) is 2.76. The van der Waals surface area contributed by atoms with Gasteiger partial charge in [-0.25, -0.2) is 0 Å². The van der Waals surface area contributed by atoms with Crippen LogP contribution in [0.25, 0.3) is 0 Å². The summed E-state index contributed by atoms with van der Waals surface area (Å²) < 4.78 is 5.07. The first kappa shape index (κ1) is 10.3. The highest BCUT2D eigenvalue weighted by Crippen LogP contribution is 2.17. The molecule has 3 heteroatoms. The van der Waals surface area contributed by atoms with Crippen LogP contribution in [-0.2, 0) is 6.42 Å². The normalized spacial score (nSPS) is 12.1. The molecular weight excluding hydrogens is 164 g/mol. The predicted octanol–water partition coefficient (Wildman–Crippen LogP) is 1.96. The molecule has 0 fully saturated rings. The van der Waals surface area contributed by atoms with Crippen LogP contribution in [-0.4, -0.2) is 10.7 Å². The van der Waals surface area contributed by atoms with Crippen molar-refractivity contribution in [2.45, 2.75) is 46.1 Å². The molecule has 74 valence electrons. The summed E-state index contributed by atoms with van der Waals surface area (Å²) in [6.07, 6.45) is 1.90. The number of hydrogen-bond acceptors (Lipinski definition) is 3. The number of nitrogens with zero attached hydrogens (tertiary/aromatic N) is 1. The Labute approximate surface area is 79.3 Å². The molecule has 0 spiro atoms. The minimum absolute atomic E-state index is 0.115. The van der Waals surface area contributed by atoms with Crippen molar-refractivity contribution in [1.29, 1.82) is 0 Å². The average molecular weight is 182 g/mol. The van der Waals surface area contributed by atoms with Crippen LogP contribution in [0.5, 0.6) is 0 Å². The molecule has 1 rings (SSSR count). The SMILES string of the molecule is Cc1noc(C)c1CCC(C)(C)N. The highest BCUT2D eigenvalue weighted by atomic mass is 16.5. The molecule has 3 nitrogen and oxygen atoms in total. The molecule has 1 aromatic rings. The Bertz CT molecular complexity index is 264. The fraction of sp³-hybridized carbons (Fsp3) is 0.700. The van der Waals surface area contributed by atoms with E-state index >= 15 is 0 Å². The lowest BCUT2D eigenvalue weighted by atomic mass is 9.96. The van der Waals surface area contributed by atoms with Crippen LogP contribution < -0.4 is 5.73 Å². The van der Waals surface area contributed by atoms with Gasteiger partial charge >= 0.3 is 0 Å². The molecule has 0 saturated carbocycles. The topological polar surface area (TPSA) is 52.0 Å². The molecule has 0 radical (unpaired) electrons. The van der Waals surface area contributed by atoms with E-state index in [0.29, 0.717) is 0 Å². The minimum atomic E-state index is -0.115. The van der Waals surface area contributed by atoms with E-state index in [-0.39, 0.29) is 5.54 Å². The molecular formula is C10H18N2O. The zero-order valence-corrected chi connectivity index (χ0v) is 8.85. The summed E-state index contributed by atoms with van der Waals surface area (Å²) in [5, 5.41) is 3.90. The quantitative estimate of drug-likeness (QED) is 0.777. The van der Waals surface area contributed by atoms with Crippen LogP contribution >= 0.6 is 0 Å². The molecule has 2 N–H and O–H groups in total. The monoisotopic (exact) mass is 182 g/mol. The first-order chi connectivity index (χ1) is 5.90. The molecule has 0 amide bonds. The predicted molar refractivity (Wildman–Crippen MR) is 52.6 cm³/mol. The van der Waals surface area contributed by atoms with E-state index in [1.165, 1.54) is 5.56 Å². The lowest BCUT2D eigenvalue weighted by Crippen LogP contribution is -2.32. The van der Waals surface area contributed by atoms with Crippen molar-refractivity contribution >= 4 is 0 Å². The second kappa shape index (κ2) is 3.50. The van der Waals surface area contributed by atoms with Crippen molar-refractivity contribution in [2.24, 2.45) is 5.73 Å². The Morgan fingerprint density at radius 1 is 1.38 bits per heavy atom. The molecule has 0 aliphatic rings. The standard InChI is InChI=1S/C10H18N2O/c1-7-9(8(2)13-12-7)5-6-10(3,4)11/h5-6,11H2,1-4H3. The van der Waals surface area contributed by atoms with E-state index in [2.05, 4.69) is 5.16 Å². The number of hydrogen-bond donors (Lipinski definition) is 1. The van der Waals surface area contributed by atoms with Gasteiger partial charge in [0, 0.05) is 11.1 Å². The largest absolute Gasteiger partial charge is 0.361 e. The van der Waals surface area contributed by atoms with Crippen LogP contribution in [0.1, 0.15) is 37.3 Å². The van der Waals surface area contributed by atoms with Crippen LogP contribution in [0.15, 0.2) is 4.52 Å². The number of nitrogens with two attached hydrogens (primary N) is 1. The fourth-order valence-corrected chi connectivity index (χ4v) is 1.31. The van der Waals surface area contributed by atoms with Gasteiger partial charge < -0.3 is 10.3 Å². The van der Waals surface area contributed by atoms with Crippen molar-refractivity contribution in [3.8, 4) is 0 Å². The molecule has 1 aromatic heterocycles. The van der Waals surface area contributed by atoms with E-state index in [0.717, 1.165) is 24.3 Å². The van der Waals surface area contributed by atoms with Gasteiger partial charge in [-0.2, -0.15) is 0 Å². The van der Waals surface area contributed by atoms with E-state index in [1.807, 2.05) is 27.7 Å². The van der Waals surface area contributed by atoms with Crippen molar-refractivity contribution in [1.82, 2.24) is 5.16 Å². The number of rotatable bonds is 3. The lowest BCUT2D eigenvalue weighted by molar-refractivity contribution is 0.391. The summed E-state index contributed by atoms with van der Waals surface area (Å²) in [6, 6.07) is 0. The molecule has 0 aliphatic heterocycles. The Hall–Kier alpha value is -0.830. The molecule has 13 heavy (non-hydrogen) atoms. The molecule has 0 aliphatic carbocycles. The summed E-state index contributed by atoms with van der Waals surface area (Å²) in [7, 11) is 0. The maximum Gasteiger partial charge on any atom is 0.137 e. The minimum Gasteiger partial charge on any atom is -0.361 e. The van der Waals surface area contributed by atoms with Crippen LogP contribution in [0.3, 0.4) is 0 Å². The number of aryl methyl sites for hydroxylation is 2. The van der Waals surface area contributed by atoms with Gasteiger partial charge in [0.15, 0.2) is 0 Å². The Balaban J connectivity index is 2.64. The average Bonchev–Trinajstić information content (AvgIpc) is 2.27. The maximum absolute atomic E-state index is 5.90. The summed E-state index contributed by atoms with van der Waals surface area (Å²) in [5.74, 6) is 0.918. The maximum atomic E-state index is 5.90. The van der Waals surface area contributed by atoms with Gasteiger partial charge in [-0.3, -0.25) is 0 Å². The van der Waals surface area contributed by atoms with Crippen molar-refractivity contribution in [3.63, 3.8) is 0 Å². The van der Waals surface area contributed by atoms with Gasteiger partial charge in [-0.1, -0.05) is 5.16 Å². The van der Waals surface area contributed by atoms with Crippen molar-refractivity contribution in [2.75, 3.05) is 0 Å². The molecule has 0 saturated heterocycles. The van der Waals surface area contributed by atoms with Gasteiger partial charge in [0.1, 0.15) is 5.76 Å². The van der Waals surface area contributed by atoms with Gasteiger partial charge in [0.2, 0.25) is 0 Å². The highest BCUT2D eigenvalue weighted by Gasteiger charge is 2.14. The summed E-state index contributed by atoms with van der Waals surface area (Å²) >= 11 is 0. The summed E-state index contributed by atoms with van der Waals surface area (Å²) in [5.41, 5.74) is 7.98. The van der Waals surface area contributed by atoms with Gasteiger partial charge in [-0.05, 0) is 40.5 Å². The first-order valence-corrected chi connectivity index (χ1v) is 4.61. The second-order valence-corrected chi connectivity index (χ2v) is 4.29. The third-order valence-electron chi connectivity index (χ3n) is 2.20. The van der Waals surface area contributed by atoms with E-state index in [9.17, 15) is 0 Å². The summed E-state index contributed by atoms with van der Waals surface area (Å²) in [4.78, 5) is 0. The lowest BCUT2D eigenvalue weighted by Gasteiger charge is -2.17. The van der Waals surface area contributed by atoms with Gasteiger partial charge in [-0.15, -0.1) is 0 Å². The zero-order valence-electron chi connectivity index (χ0n) is 8.85. The van der Waals surface area contributed by atoms with E-state index in [4.69, 9.17) is 10.3 Å². The molecule has 0 bridgehead atoms. The van der Waals surface area contributed by atoms with Gasteiger partial charge in [0.05, 0.1) is 5.69 Å². The molecule has 0 atom stereocenters. The molecule has 1 heterocycles. The fourth-order valence-electron chi connectivity index (χ4n) is 1.31. The van der Waals surface area contributed by atoms with Crippen molar-refractivity contribution in [3.05, 3.63) is 17.0 Å². The second-order valence-electron chi connectivity index (χ2n) is 4.29. The number of aromatic nitrogens is 1. The van der Waals surface area contributed by atoms with Crippen LogP contribution in [0.2, 0.25) is 0 Å². The van der Waals surface area contributed by atoms with Crippen LogP contribution in [0.4, 0.5) is 0 Å². The van der Waals surface area contributed by atoms with Gasteiger partial charge in [0.25, 0.3) is 0 Å². The molecule has 0 unspecified atom stereocenters. The smallest absolute Gasteiger partial charge is 0.137 e. The third kappa shape index (κ3) is 2.84. The van der Waals surface area contributed by atoms with E-state index < -0.39 is 0 Å². The van der Waals surface area contributed by atoms with E-state index in [1.54, 1.807) is 0 Å². The van der Waals surface area contributed by atoms with Crippen molar-refractivity contribution < 1.29 is 4.52 Å². The summed E-state index contributed by atoms with van der Waals surface area (Å²) in [6.45, 7) is 7.98. The van der Waals surface area contributed by atoms with Crippen LogP contribution in [0, 0.1) is 13.8 Å². The highest BCUT2D eigenvalue weighted by molar-refractivity contribution is 5.21. The molecule has 0 aromatic carbocycles. The first-order valence-electron chi connectivity index (χ1n) is 4.61. The Morgan fingerprint density at radius 2 is 2.00 bits per heavy atom. The zero-order chi connectivity index (χ0) is 10.1. The third-order valence-corrected chi connectivity index (χ3v) is 2.20.